The zero-order valence-corrected chi connectivity index (χ0v) is 13.7. The Bertz CT molecular complexity index is 425. The molecule has 1 fully saturated rings. The lowest BCUT2D eigenvalue weighted by atomic mass is 9.86. The molecule has 1 heterocycles. The third-order valence-electron chi connectivity index (χ3n) is 3.96. The van der Waals surface area contributed by atoms with Crippen LogP contribution in [0.4, 0.5) is 0 Å². The van der Waals surface area contributed by atoms with Crippen LogP contribution in [0, 0.1) is 5.92 Å². The molecule has 2 nitrogen and oxygen atoms in total. The van der Waals surface area contributed by atoms with Gasteiger partial charge in [-0.1, -0.05) is 29.8 Å². The summed E-state index contributed by atoms with van der Waals surface area (Å²) in [6.45, 7) is 6.81. The van der Waals surface area contributed by atoms with Crippen LogP contribution in [-0.2, 0) is 6.42 Å². The van der Waals surface area contributed by atoms with Gasteiger partial charge in [0.25, 0.3) is 0 Å². The number of benzene rings is 1. The van der Waals surface area contributed by atoms with E-state index in [9.17, 15) is 0 Å². The molecule has 0 unspecified atom stereocenters. The molecule has 2 rings (SSSR count). The van der Waals surface area contributed by atoms with Gasteiger partial charge < -0.3 is 10.1 Å². The fourth-order valence-corrected chi connectivity index (χ4v) is 3.52. The van der Waals surface area contributed by atoms with Gasteiger partial charge in [-0.15, -0.1) is 0 Å². The minimum Gasteiger partial charge on any atom is -0.496 e. The number of methoxy groups -OCH3 is 1. The molecule has 0 saturated carbocycles. The second-order valence-electron chi connectivity index (χ2n) is 5.73. The number of nitrogens with one attached hydrogen (secondary N) is 1. The normalized spacial score (nSPS) is 16.9. The molecule has 1 aromatic rings. The maximum atomic E-state index is 5.57. The van der Waals surface area contributed by atoms with Crippen LogP contribution in [0.5, 0.6) is 5.75 Å². The first-order chi connectivity index (χ1) is 9.11. The Morgan fingerprint density at radius 1 is 1.32 bits per heavy atom. The highest BCUT2D eigenvalue weighted by molar-refractivity contribution is 9.10. The van der Waals surface area contributed by atoms with Gasteiger partial charge >= 0.3 is 0 Å². The number of halogens is 1. The van der Waals surface area contributed by atoms with Crippen molar-refractivity contribution in [2.75, 3.05) is 20.2 Å². The maximum Gasteiger partial charge on any atom is 0.123 e. The summed E-state index contributed by atoms with van der Waals surface area (Å²) in [7, 11) is 1.77. The molecule has 1 N–H and O–H groups in total. The summed E-state index contributed by atoms with van der Waals surface area (Å²) < 4.78 is 6.70. The van der Waals surface area contributed by atoms with Gasteiger partial charge in [-0.25, -0.2) is 0 Å². The van der Waals surface area contributed by atoms with E-state index in [2.05, 4.69) is 47.2 Å². The minimum absolute atomic E-state index is 0.500. The molecule has 1 aromatic carbocycles. The van der Waals surface area contributed by atoms with Crippen LogP contribution in [-0.4, -0.2) is 20.2 Å². The van der Waals surface area contributed by atoms with E-state index in [1.807, 2.05) is 0 Å². The summed E-state index contributed by atoms with van der Waals surface area (Å²) in [6.07, 6.45) is 3.74. The largest absolute Gasteiger partial charge is 0.496 e. The second-order valence-corrected chi connectivity index (χ2v) is 6.65. The average molecular weight is 326 g/mol. The predicted molar refractivity (Wildman–Crippen MR) is 84.1 cm³/mol. The summed E-state index contributed by atoms with van der Waals surface area (Å²) in [6, 6.07) is 4.36. The van der Waals surface area contributed by atoms with Crippen molar-refractivity contribution in [3.63, 3.8) is 0 Å². The maximum absolute atomic E-state index is 5.57. The molecule has 1 aliphatic heterocycles. The summed E-state index contributed by atoms with van der Waals surface area (Å²) >= 11 is 3.61. The van der Waals surface area contributed by atoms with Crippen molar-refractivity contribution in [3.8, 4) is 5.75 Å². The number of hydrogen-bond donors (Lipinski definition) is 1. The molecule has 0 aliphatic carbocycles. The third kappa shape index (κ3) is 3.73. The molecule has 0 radical (unpaired) electrons. The number of ether oxygens (including phenoxy) is 1. The molecule has 1 aliphatic rings. The first-order valence-corrected chi connectivity index (χ1v) is 7.98. The van der Waals surface area contributed by atoms with E-state index in [1.165, 1.54) is 30.4 Å². The molecule has 0 amide bonds. The Kier molecular flexibility index (Phi) is 5.28. The Labute approximate surface area is 125 Å². The summed E-state index contributed by atoms with van der Waals surface area (Å²) in [5.41, 5.74) is 2.83. The second kappa shape index (κ2) is 6.76. The summed E-state index contributed by atoms with van der Waals surface area (Å²) in [4.78, 5) is 0. The van der Waals surface area contributed by atoms with Gasteiger partial charge in [0, 0.05) is 4.47 Å². The Morgan fingerprint density at radius 2 is 2.00 bits per heavy atom. The van der Waals surface area contributed by atoms with Crippen LogP contribution >= 0.6 is 15.9 Å². The van der Waals surface area contributed by atoms with Gasteiger partial charge in [0.05, 0.1) is 7.11 Å². The Balaban J connectivity index is 2.28. The van der Waals surface area contributed by atoms with Crippen LogP contribution in [0.2, 0.25) is 0 Å². The zero-order chi connectivity index (χ0) is 13.8. The molecule has 3 heteroatoms. The van der Waals surface area contributed by atoms with Gasteiger partial charge in [-0.05, 0) is 67.4 Å². The number of hydrogen-bond acceptors (Lipinski definition) is 2. The van der Waals surface area contributed by atoms with Gasteiger partial charge in [0.1, 0.15) is 5.75 Å². The van der Waals surface area contributed by atoms with Crippen LogP contribution in [0.1, 0.15) is 43.7 Å². The smallest absolute Gasteiger partial charge is 0.123 e. The van der Waals surface area contributed by atoms with Gasteiger partial charge in [-0.2, -0.15) is 0 Å². The SMILES string of the molecule is COc1cc(Br)cc(CC2CCNCC2)c1C(C)C. The topological polar surface area (TPSA) is 21.3 Å². The van der Waals surface area contributed by atoms with Gasteiger partial charge in [0.15, 0.2) is 0 Å². The van der Waals surface area contributed by atoms with E-state index in [4.69, 9.17) is 4.74 Å². The van der Waals surface area contributed by atoms with Crippen molar-refractivity contribution in [1.82, 2.24) is 5.32 Å². The van der Waals surface area contributed by atoms with Crippen molar-refractivity contribution in [2.24, 2.45) is 5.92 Å². The highest BCUT2D eigenvalue weighted by atomic mass is 79.9. The highest BCUT2D eigenvalue weighted by Gasteiger charge is 2.19. The van der Waals surface area contributed by atoms with E-state index in [-0.39, 0.29) is 0 Å². The van der Waals surface area contributed by atoms with Crippen LogP contribution < -0.4 is 10.1 Å². The first-order valence-electron chi connectivity index (χ1n) is 7.18. The van der Waals surface area contributed by atoms with E-state index >= 15 is 0 Å². The van der Waals surface area contributed by atoms with Crippen molar-refractivity contribution in [1.29, 1.82) is 0 Å². The standard InChI is InChI=1S/C16H24BrNO/c1-11(2)16-13(8-12-4-6-18-7-5-12)9-14(17)10-15(16)19-3/h9-12,18H,4-8H2,1-3H3. The monoisotopic (exact) mass is 325 g/mol. The molecule has 1 saturated heterocycles. The lowest BCUT2D eigenvalue weighted by Gasteiger charge is -2.25. The van der Waals surface area contributed by atoms with Crippen molar-refractivity contribution in [2.45, 2.75) is 39.0 Å². The van der Waals surface area contributed by atoms with Crippen molar-refractivity contribution < 1.29 is 4.74 Å². The van der Waals surface area contributed by atoms with Gasteiger partial charge in [0.2, 0.25) is 0 Å². The number of rotatable bonds is 4. The molecule has 19 heavy (non-hydrogen) atoms. The first kappa shape index (κ1) is 14.9. The molecule has 0 aromatic heterocycles. The lowest BCUT2D eigenvalue weighted by molar-refractivity contribution is 0.369. The molecule has 0 bridgehead atoms. The Hall–Kier alpha value is -0.540. The molecule has 0 atom stereocenters. The lowest BCUT2D eigenvalue weighted by Crippen LogP contribution is -2.28. The highest BCUT2D eigenvalue weighted by Crippen LogP contribution is 2.35. The van der Waals surface area contributed by atoms with Crippen molar-refractivity contribution in [3.05, 3.63) is 27.7 Å². The zero-order valence-electron chi connectivity index (χ0n) is 12.1. The van der Waals surface area contributed by atoms with Gasteiger partial charge in [-0.3, -0.25) is 0 Å². The fourth-order valence-electron chi connectivity index (χ4n) is 3.04. The van der Waals surface area contributed by atoms with Crippen LogP contribution in [0.25, 0.3) is 0 Å². The number of piperidine rings is 1. The summed E-state index contributed by atoms with van der Waals surface area (Å²) in [5, 5.41) is 3.44. The minimum atomic E-state index is 0.500. The molecular weight excluding hydrogens is 302 g/mol. The van der Waals surface area contributed by atoms with E-state index in [1.54, 1.807) is 7.11 Å². The van der Waals surface area contributed by atoms with Crippen molar-refractivity contribution >= 4 is 15.9 Å². The third-order valence-corrected chi connectivity index (χ3v) is 4.41. The molecule has 106 valence electrons. The summed E-state index contributed by atoms with van der Waals surface area (Å²) in [5.74, 6) is 2.32. The molecule has 0 spiro atoms. The Morgan fingerprint density at radius 3 is 2.58 bits per heavy atom. The van der Waals surface area contributed by atoms with E-state index < -0.39 is 0 Å². The van der Waals surface area contributed by atoms with E-state index in [0.717, 1.165) is 29.2 Å². The quantitative estimate of drug-likeness (QED) is 0.898. The van der Waals surface area contributed by atoms with Crippen LogP contribution in [0.15, 0.2) is 16.6 Å². The molecular formula is C16H24BrNO. The fraction of sp³-hybridized carbons (Fsp3) is 0.625. The van der Waals surface area contributed by atoms with E-state index in [0.29, 0.717) is 5.92 Å². The van der Waals surface area contributed by atoms with Crippen LogP contribution in [0.3, 0.4) is 0 Å². The average Bonchev–Trinajstić information content (AvgIpc) is 2.38. The predicted octanol–water partition coefficient (Wildman–Crippen LogP) is 4.12.